The van der Waals surface area contributed by atoms with Gasteiger partial charge in [0.1, 0.15) is 12.7 Å². The number of urea groups is 1. The van der Waals surface area contributed by atoms with Crippen LogP contribution in [0.15, 0.2) is 36.9 Å². The maximum atomic E-state index is 12.5. The van der Waals surface area contributed by atoms with E-state index >= 15 is 0 Å². The van der Waals surface area contributed by atoms with Crippen molar-refractivity contribution in [2.45, 2.75) is 25.8 Å². The van der Waals surface area contributed by atoms with Crippen LogP contribution in [0.25, 0.3) is 5.69 Å². The summed E-state index contributed by atoms with van der Waals surface area (Å²) in [6.45, 7) is 4.39. The predicted octanol–water partition coefficient (Wildman–Crippen LogP) is 1.55. The minimum Gasteiger partial charge on any atom is -0.334 e. The Hall–Kier alpha value is -2.41. The molecule has 25 heavy (non-hydrogen) atoms. The quantitative estimate of drug-likeness (QED) is 0.889. The van der Waals surface area contributed by atoms with E-state index in [0.717, 1.165) is 43.9 Å². The molecule has 0 saturated carbocycles. The minimum atomic E-state index is 0.0475. The third-order valence-electron chi connectivity index (χ3n) is 5.34. The Balaban J connectivity index is 1.32. The van der Waals surface area contributed by atoms with Gasteiger partial charge in [-0.2, -0.15) is 5.10 Å². The van der Waals surface area contributed by atoms with E-state index < -0.39 is 0 Å². The maximum Gasteiger partial charge on any atom is 0.317 e. The molecule has 2 aliphatic rings. The van der Waals surface area contributed by atoms with Gasteiger partial charge in [-0.1, -0.05) is 12.1 Å². The van der Waals surface area contributed by atoms with E-state index in [0.29, 0.717) is 12.0 Å². The van der Waals surface area contributed by atoms with Crippen molar-refractivity contribution in [3.8, 4) is 5.69 Å². The van der Waals surface area contributed by atoms with E-state index in [-0.39, 0.29) is 6.03 Å². The summed E-state index contributed by atoms with van der Waals surface area (Å²) in [5.41, 5.74) is 2.33. The first-order chi connectivity index (χ1) is 12.2. The Morgan fingerprint density at radius 1 is 1.28 bits per heavy atom. The van der Waals surface area contributed by atoms with Gasteiger partial charge in [0.2, 0.25) is 0 Å². The summed E-state index contributed by atoms with van der Waals surface area (Å²) >= 11 is 0. The van der Waals surface area contributed by atoms with Gasteiger partial charge in [-0.05, 0) is 43.5 Å². The van der Waals surface area contributed by atoms with E-state index in [1.807, 2.05) is 29.2 Å². The Morgan fingerprint density at radius 3 is 2.88 bits per heavy atom. The molecule has 0 bridgehead atoms. The molecule has 7 nitrogen and oxygen atoms in total. The van der Waals surface area contributed by atoms with Crippen LogP contribution in [0.2, 0.25) is 0 Å². The third-order valence-corrected chi connectivity index (χ3v) is 5.34. The molecule has 0 aliphatic carbocycles. The zero-order chi connectivity index (χ0) is 17.1. The van der Waals surface area contributed by atoms with Crippen molar-refractivity contribution in [3.05, 3.63) is 42.5 Å². The standard InChI is InChI=1S/C18H24N6O/c25-17(23-9-1-6-18(12-23)7-8-19-11-18)21-10-15-2-4-16(5-3-15)24-14-20-13-22-24/h2-5,13-14,19H,1,6-12H2,(H,21,25)/t18-/m1/s1. The number of carbonyl (C=O) groups is 1. The van der Waals surface area contributed by atoms with Crippen LogP contribution < -0.4 is 10.6 Å². The highest BCUT2D eigenvalue weighted by molar-refractivity contribution is 5.74. The molecule has 2 fully saturated rings. The fourth-order valence-corrected chi connectivity index (χ4v) is 3.92. The zero-order valence-corrected chi connectivity index (χ0v) is 14.3. The van der Waals surface area contributed by atoms with Gasteiger partial charge in [-0.15, -0.1) is 0 Å². The zero-order valence-electron chi connectivity index (χ0n) is 14.3. The van der Waals surface area contributed by atoms with Crippen molar-refractivity contribution in [1.82, 2.24) is 30.3 Å². The number of hydrogen-bond acceptors (Lipinski definition) is 4. The molecule has 1 atom stereocenters. The van der Waals surface area contributed by atoms with Gasteiger partial charge in [0.25, 0.3) is 0 Å². The van der Waals surface area contributed by atoms with Crippen LogP contribution in [0.3, 0.4) is 0 Å². The predicted molar refractivity (Wildman–Crippen MR) is 94.3 cm³/mol. The molecule has 2 aromatic rings. The van der Waals surface area contributed by atoms with Gasteiger partial charge in [0.05, 0.1) is 5.69 Å². The second-order valence-electron chi connectivity index (χ2n) is 7.12. The molecule has 2 aliphatic heterocycles. The number of aromatic nitrogens is 3. The molecule has 4 rings (SSSR count). The SMILES string of the molecule is O=C(NCc1ccc(-n2cncn2)cc1)N1CCC[C@]2(CCNC2)C1. The lowest BCUT2D eigenvalue weighted by Crippen LogP contribution is -2.50. The van der Waals surface area contributed by atoms with Gasteiger partial charge in [-0.3, -0.25) is 0 Å². The maximum absolute atomic E-state index is 12.5. The van der Waals surface area contributed by atoms with Gasteiger partial charge in [0, 0.05) is 31.6 Å². The van der Waals surface area contributed by atoms with Gasteiger partial charge >= 0.3 is 6.03 Å². The van der Waals surface area contributed by atoms with Crippen LogP contribution in [0.1, 0.15) is 24.8 Å². The van der Waals surface area contributed by atoms with Crippen LogP contribution in [0.4, 0.5) is 4.79 Å². The summed E-state index contributed by atoms with van der Waals surface area (Å²) in [5, 5.41) is 10.6. The summed E-state index contributed by atoms with van der Waals surface area (Å²) in [4.78, 5) is 18.5. The average molecular weight is 340 g/mol. The van der Waals surface area contributed by atoms with E-state index in [1.54, 1.807) is 11.0 Å². The smallest absolute Gasteiger partial charge is 0.317 e. The molecule has 1 aromatic carbocycles. The van der Waals surface area contributed by atoms with E-state index in [1.165, 1.54) is 19.2 Å². The second kappa shape index (κ2) is 6.84. The van der Waals surface area contributed by atoms with Crippen LogP contribution in [-0.2, 0) is 6.54 Å². The lowest BCUT2D eigenvalue weighted by atomic mass is 9.79. The number of benzene rings is 1. The molecular formula is C18H24N6O. The Bertz CT molecular complexity index is 706. The number of likely N-dealkylation sites (tertiary alicyclic amines) is 1. The molecule has 7 heteroatoms. The van der Waals surface area contributed by atoms with Crippen molar-refractivity contribution in [2.24, 2.45) is 5.41 Å². The van der Waals surface area contributed by atoms with Crippen LogP contribution >= 0.6 is 0 Å². The lowest BCUT2D eigenvalue weighted by Gasteiger charge is -2.39. The van der Waals surface area contributed by atoms with Crippen molar-refractivity contribution < 1.29 is 4.79 Å². The molecule has 0 radical (unpaired) electrons. The largest absolute Gasteiger partial charge is 0.334 e. The second-order valence-corrected chi connectivity index (χ2v) is 7.12. The lowest BCUT2D eigenvalue weighted by molar-refractivity contribution is 0.118. The number of amides is 2. The Morgan fingerprint density at radius 2 is 2.16 bits per heavy atom. The fourth-order valence-electron chi connectivity index (χ4n) is 3.92. The van der Waals surface area contributed by atoms with E-state index in [9.17, 15) is 4.79 Å². The summed E-state index contributed by atoms with van der Waals surface area (Å²) < 4.78 is 1.71. The number of nitrogens with one attached hydrogen (secondary N) is 2. The molecule has 2 saturated heterocycles. The first-order valence-corrected chi connectivity index (χ1v) is 8.92. The van der Waals surface area contributed by atoms with E-state index in [4.69, 9.17) is 0 Å². The van der Waals surface area contributed by atoms with Gasteiger partial charge < -0.3 is 15.5 Å². The number of rotatable bonds is 3. The molecule has 132 valence electrons. The highest BCUT2D eigenvalue weighted by Gasteiger charge is 2.39. The van der Waals surface area contributed by atoms with Crippen LogP contribution in [0.5, 0.6) is 0 Å². The first kappa shape index (κ1) is 16.1. The number of nitrogens with zero attached hydrogens (tertiary/aromatic N) is 4. The summed E-state index contributed by atoms with van der Waals surface area (Å²) in [6, 6.07) is 8.03. The minimum absolute atomic E-state index is 0.0475. The highest BCUT2D eigenvalue weighted by Crippen LogP contribution is 2.35. The molecule has 2 N–H and O–H groups in total. The number of hydrogen-bond donors (Lipinski definition) is 2. The summed E-state index contributed by atoms with van der Waals surface area (Å²) in [5.74, 6) is 0. The summed E-state index contributed by atoms with van der Waals surface area (Å²) in [7, 11) is 0. The van der Waals surface area contributed by atoms with Gasteiger partial charge in [0.15, 0.2) is 0 Å². The van der Waals surface area contributed by atoms with Crippen LogP contribution in [-0.4, -0.2) is 51.9 Å². The third kappa shape index (κ3) is 3.51. The Labute approximate surface area is 147 Å². The average Bonchev–Trinajstić information content (AvgIpc) is 3.33. The molecule has 2 amide bonds. The summed E-state index contributed by atoms with van der Waals surface area (Å²) in [6.07, 6.45) is 6.69. The van der Waals surface area contributed by atoms with E-state index in [2.05, 4.69) is 20.7 Å². The fraction of sp³-hybridized carbons (Fsp3) is 0.500. The molecule has 1 spiro atoms. The molecule has 0 unspecified atom stereocenters. The van der Waals surface area contributed by atoms with Crippen LogP contribution in [0, 0.1) is 5.41 Å². The first-order valence-electron chi connectivity index (χ1n) is 8.92. The van der Waals surface area contributed by atoms with Crippen molar-refractivity contribution in [2.75, 3.05) is 26.2 Å². The van der Waals surface area contributed by atoms with Crippen molar-refractivity contribution in [3.63, 3.8) is 0 Å². The molecular weight excluding hydrogens is 316 g/mol. The van der Waals surface area contributed by atoms with Crippen molar-refractivity contribution in [1.29, 1.82) is 0 Å². The van der Waals surface area contributed by atoms with Gasteiger partial charge in [-0.25, -0.2) is 14.5 Å². The molecule has 1 aromatic heterocycles. The Kier molecular flexibility index (Phi) is 4.40. The topological polar surface area (TPSA) is 75.1 Å². The molecule has 3 heterocycles. The number of carbonyl (C=O) groups excluding carboxylic acids is 1. The monoisotopic (exact) mass is 340 g/mol. The van der Waals surface area contributed by atoms with Crippen molar-refractivity contribution >= 4 is 6.03 Å². The number of piperidine rings is 1. The normalized spacial score (nSPS) is 23.1. The highest BCUT2D eigenvalue weighted by atomic mass is 16.2.